The smallest absolute Gasteiger partial charge is 0.409 e. The predicted molar refractivity (Wildman–Crippen MR) is 75.2 cm³/mol. The minimum atomic E-state index is -0.156. The average Bonchev–Trinajstić information content (AvgIpc) is 2.48. The third-order valence-corrected chi connectivity index (χ3v) is 4.48. The molecule has 5 heteroatoms. The van der Waals surface area contributed by atoms with E-state index in [0.717, 1.165) is 45.2 Å². The van der Waals surface area contributed by atoms with Gasteiger partial charge in [-0.25, -0.2) is 4.79 Å². The Hall–Kier alpha value is -0.810. The van der Waals surface area contributed by atoms with Crippen LogP contribution in [0.4, 0.5) is 4.79 Å². The molecule has 0 aliphatic carbocycles. The lowest BCUT2D eigenvalue weighted by atomic mass is 9.90. The molecular formula is C14H27N3O2. The Morgan fingerprint density at radius 2 is 1.89 bits per heavy atom. The van der Waals surface area contributed by atoms with Crippen LogP contribution in [0.15, 0.2) is 0 Å². The van der Waals surface area contributed by atoms with Crippen molar-refractivity contribution in [3.63, 3.8) is 0 Å². The highest BCUT2D eigenvalue weighted by molar-refractivity contribution is 5.67. The molecule has 0 aromatic carbocycles. The number of piperidine rings is 1. The zero-order valence-corrected chi connectivity index (χ0v) is 12.2. The van der Waals surface area contributed by atoms with Gasteiger partial charge in [-0.05, 0) is 45.7 Å². The number of nitrogens with zero attached hydrogens (tertiary/aromatic N) is 2. The van der Waals surface area contributed by atoms with Crippen LogP contribution >= 0.6 is 0 Å². The summed E-state index contributed by atoms with van der Waals surface area (Å²) in [6, 6.07) is 0.631. The second-order valence-electron chi connectivity index (χ2n) is 5.55. The first kappa shape index (κ1) is 14.6. The minimum absolute atomic E-state index is 0.156. The van der Waals surface area contributed by atoms with Gasteiger partial charge in [-0.15, -0.1) is 0 Å². The Labute approximate surface area is 116 Å². The summed E-state index contributed by atoms with van der Waals surface area (Å²) >= 11 is 0. The molecular weight excluding hydrogens is 242 g/mol. The number of carbonyl (C=O) groups excluding carboxylic acids is 1. The summed E-state index contributed by atoms with van der Waals surface area (Å²) in [5.41, 5.74) is 0. The van der Waals surface area contributed by atoms with E-state index in [-0.39, 0.29) is 6.09 Å². The van der Waals surface area contributed by atoms with E-state index < -0.39 is 0 Å². The number of hydrogen-bond acceptors (Lipinski definition) is 4. The first-order valence-corrected chi connectivity index (χ1v) is 7.59. The van der Waals surface area contributed by atoms with E-state index in [4.69, 9.17) is 4.74 Å². The van der Waals surface area contributed by atoms with Gasteiger partial charge in [0.2, 0.25) is 0 Å². The van der Waals surface area contributed by atoms with E-state index in [2.05, 4.69) is 17.1 Å². The Morgan fingerprint density at radius 1 is 1.26 bits per heavy atom. The standard InChI is InChI=1S/C14H27N3O2/c1-3-19-14(18)17-10-8-16(9-11-17)12(2)13-4-6-15-7-5-13/h12-13,15H,3-11H2,1-2H3. The molecule has 110 valence electrons. The lowest BCUT2D eigenvalue weighted by molar-refractivity contribution is 0.0527. The van der Waals surface area contributed by atoms with Gasteiger partial charge < -0.3 is 15.0 Å². The van der Waals surface area contributed by atoms with Crippen molar-refractivity contribution >= 4 is 6.09 Å². The number of piperazine rings is 1. The van der Waals surface area contributed by atoms with E-state index >= 15 is 0 Å². The van der Waals surface area contributed by atoms with Crippen LogP contribution in [0.25, 0.3) is 0 Å². The molecule has 0 saturated carbocycles. The van der Waals surface area contributed by atoms with Crippen molar-refractivity contribution in [2.75, 3.05) is 45.9 Å². The van der Waals surface area contributed by atoms with Gasteiger partial charge in [0.25, 0.3) is 0 Å². The normalized spacial score (nSPS) is 24.2. The highest BCUT2D eigenvalue weighted by Crippen LogP contribution is 2.21. The second kappa shape index (κ2) is 7.10. The molecule has 5 nitrogen and oxygen atoms in total. The average molecular weight is 269 g/mol. The fourth-order valence-corrected chi connectivity index (χ4v) is 3.15. The maximum Gasteiger partial charge on any atom is 0.409 e. The molecule has 0 radical (unpaired) electrons. The molecule has 19 heavy (non-hydrogen) atoms. The zero-order valence-electron chi connectivity index (χ0n) is 12.2. The van der Waals surface area contributed by atoms with E-state index in [1.807, 2.05) is 11.8 Å². The van der Waals surface area contributed by atoms with Crippen molar-refractivity contribution in [2.24, 2.45) is 5.92 Å². The predicted octanol–water partition coefficient (Wildman–Crippen LogP) is 1.15. The summed E-state index contributed by atoms with van der Waals surface area (Å²) in [6.07, 6.45) is 2.40. The minimum Gasteiger partial charge on any atom is -0.450 e. The molecule has 1 amide bonds. The number of carbonyl (C=O) groups is 1. The summed E-state index contributed by atoms with van der Waals surface area (Å²) in [4.78, 5) is 16.0. The van der Waals surface area contributed by atoms with Gasteiger partial charge in [-0.3, -0.25) is 4.90 Å². The van der Waals surface area contributed by atoms with Crippen molar-refractivity contribution in [3.05, 3.63) is 0 Å². The van der Waals surface area contributed by atoms with Gasteiger partial charge in [0.05, 0.1) is 6.61 Å². The van der Waals surface area contributed by atoms with Crippen molar-refractivity contribution < 1.29 is 9.53 Å². The van der Waals surface area contributed by atoms with E-state index in [1.165, 1.54) is 12.8 Å². The number of amides is 1. The lowest BCUT2D eigenvalue weighted by Gasteiger charge is -2.41. The van der Waals surface area contributed by atoms with Crippen molar-refractivity contribution in [1.82, 2.24) is 15.1 Å². The van der Waals surface area contributed by atoms with Gasteiger partial charge in [0, 0.05) is 32.2 Å². The van der Waals surface area contributed by atoms with E-state index in [1.54, 1.807) is 0 Å². The van der Waals surface area contributed by atoms with Gasteiger partial charge >= 0.3 is 6.09 Å². The topological polar surface area (TPSA) is 44.8 Å². The number of rotatable bonds is 3. The van der Waals surface area contributed by atoms with Crippen LogP contribution in [0.2, 0.25) is 0 Å². The van der Waals surface area contributed by atoms with Gasteiger partial charge in [0.15, 0.2) is 0 Å². The van der Waals surface area contributed by atoms with Gasteiger partial charge in [-0.2, -0.15) is 0 Å². The second-order valence-corrected chi connectivity index (χ2v) is 5.55. The molecule has 2 aliphatic heterocycles. The molecule has 2 heterocycles. The number of nitrogens with one attached hydrogen (secondary N) is 1. The van der Waals surface area contributed by atoms with Crippen LogP contribution in [0.3, 0.4) is 0 Å². The monoisotopic (exact) mass is 269 g/mol. The molecule has 1 atom stereocenters. The van der Waals surface area contributed by atoms with Crippen LogP contribution in [0.5, 0.6) is 0 Å². The molecule has 2 rings (SSSR count). The molecule has 0 bridgehead atoms. The summed E-state index contributed by atoms with van der Waals surface area (Å²) < 4.78 is 5.05. The molecule has 2 aliphatic rings. The Kier molecular flexibility index (Phi) is 5.45. The Balaban J connectivity index is 1.77. The van der Waals surface area contributed by atoms with E-state index in [0.29, 0.717) is 12.6 Å². The Morgan fingerprint density at radius 3 is 2.47 bits per heavy atom. The van der Waals surface area contributed by atoms with Gasteiger partial charge in [0.1, 0.15) is 0 Å². The molecule has 0 aromatic rings. The fraction of sp³-hybridized carbons (Fsp3) is 0.929. The fourth-order valence-electron chi connectivity index (χ4n) is 3.15. The molecule has 1 N–H and O–H groups in total. The van der Waals surface area contributed by atoms with Crippen molar-refractivity contribution in [2.45, 2.75) is 32.7 Å². The largest absolute Gasteiger partial charge is 0.450 e. The summed E-state index contributed by atoms with van der Waals surface area (Å²) in [6.45, 7) is 10.5. The van der Waals surface area contributed by atoms with E-state index in [9.17, 15) is 4.79 Å². The number of ether oxygens (including phenoxy) is 1. The highest BCUT2D eigenvalue weighted by Gasteiger charge is 2.29. The molecule has 2 saturated heterocycles. The Bertz CT molecular complexity index is 284. The summed E-state index contributed by atoms with van der Waals surface area (Å²) in [7, 11) is 0. The molecule has 2 fully saturated rings. The molecule has 1 unspecified atom stereocenters. The molecule has 0 spiro atoms. The summed E-state index contributed by atoms with van der Waals surface area (Å²) in [5, 5.41) is 3.42. The first-order chi connectivity index (χ1) is 9.22. The van der Waals surface area contributed by atoms with Crippen LogP contribution < -0.4 is 5.32 Å². The van der Waals surface area contributed by atoms with Crippen molar-refractivity contribution in [3.8, 4) is 0 Å². The SMILES string of the molecule is CCOC(=O)N1CCN(C(C)C2CCNCC2)CC1. The lowest BCUT2D eigenvalue weighted by Crippen LogP contribution is -2.53. The maximum atomic E-state index is 11.7. The third-order valence-electron chi connectivity index (χ3n) is 4.48. The van der Waals surface area contributed by atoms with Crippen LogP contribution in [-0.4, -0.2) is 67.8 Å². The zero-order chi connectivity index (χ0) is 13.7. The van der Waals surface area contributed by atoms with Crippen LogP contribution in [0.1, 0.15) is 26.7 Å². The maximum absolute atomic E-state index is 11.7. The summed E-state index contributed by atoms with van der Waals surface area (Å²) in [5.74, 6) is 0.801. The number of hydrogen-bond donors (Lipinski definition) is 1. The molecule has 0 aromatic heterocycles. The van der Waals surface area contributed by atoms with Gasteiger partial charge in [-0.1, -0.05) is 0 Å². The quantitative estimate of drug-likeness (QED) is 0.835. The van der Waals surface area contributed by atoms with Crippen LogP contribution in [-0.2, 0) is 4.74 Å². The highest BCUT2D eigenvalue weighted by atomic mass is 16.6. The van der Waals surface area contributed by atoms with Crippen LogP contribution in [0, 0.1) is 5.92 Å². The van der Waals surface area contributed by atoms with Crippen molar-refractivity contribution in [1.29, 1.82) is 0 Å². The first-order valence-electron chi connectivity index (χ1n) is 7.59. The third kappa shape index (κ3) is 3.83.